The fourth-order valence-corrected chi connectivity index (χ4v) is 3.15. The van der Waals surface area contributed by atoms with Crippen LogP contribution in [0, 0.1) is 6.92 Å². The van der Waals surface area contributed by atoms with E-state index in [1.807, 2.05) is 24.4 Å². The second-order valence-electron chi connectivity index (χ2n) is 5.43. The molecule has 0 spiro atoms. The lowest BCUT2D eigenvalue weighted by Crippen LogP contribution is -2.35. The number of hydrogen-bond acceptors (Lipinski definition) is 3. The van der Waals surface area contributed by atoms with Gasteiger partial charge in [0, 0.05) is 29.0 Å². The molecule has 2 aromatic heterocycles. The van der Waals surface area contributed by atoms with Crippen molar-refractivity contribution in [1.82, 2.24) is 20.6 Å². The van der Waals surface area contributed by atoms with Crippen molar-refractivity contribution >= 4 is 28.3 Å². The van der Waals surface area contributed by atoms with Crippen molar-refractivity contribution in [1.29, 1.82) is 0 Å². The predicted molar refractivity (Wildman–Crippen MR) is 93.7 cm³/mol. The molecule has 0 aliphatic carbocycles. The number of aromatic amines is 1. The van der Waals surface area contributed by atoms with E-state index in [0.29, 0.717) is 13.1 Å². The number of carbonyl (C=O) groups excluding carboxylic acids is 1. The van der Waals surface area contributed by atoms with E-state index < -0.39 is 0 Å². The van der Waals surface area contributed by atoms with E-state index in [1.54, 1.807) is 11.3 Å². The Morgan fingerprint density at radius 1 is 1.30 bits per heavy atom. The quantitative estimate of drug-likeness (QED) is 0.607. The lowest BCUT2D eigenvalue weighted by Gasteiger charge is -2.06. The molecule has 0 fully saturated rings. The normalized spacial score (nSPS) is 10.8. The molecule has 0 bridgehead atoms. The Balaban J connectivity index is 1.38. The number of para-hydroxylation sites is 1. The van der Waals surface area contributed by atoms with Crippen molar-refractivity contribution in [3.8, 4) is 0 Å². The van der Waals surface area contributed by atoms with E-state index in [2.05, 4.69) is 38.9 Å². The zero-order valence-corrected chi connectivity index (χ0v) is 13.9. The van der Waals surface area contributed by atoms with E-state index in [1.165, 1.54) is 10.9 Å². The molecular weight excluding hydrogens is 308 g/mol. The van der Waals surface area contributed by atoms with Crippen LogP contribution in [0.2, 0.25) is 0 Å². The van der Waals surface area contributed by atoms with E-state index in [9.17, 15) is 4.79 Å². The summed E-state index contributed by atoms with van der Waals surface area (Å²) in [6.07, 6.45) is 3.90. The van der Waals surface area contributed by atoms with E-state index >= 15 is 0 Å². The van der Waals surface area contributed by atoms with Crippen molar-refractivity contribution < 1.29 is 4.79 Å². The smallest absolute Gasteiger partial charge is 0.315 e. The number of H-pyrrole nitrogens is 1. The number of thiazole rings is 1. The molecule has 23 heavy (non-hydrogen) atoms. The SMILES string of the molecule is Cc1nc(CNC(=O)NCCCc2c[nH]c3ccccc23)cs1. The highest BCUT2D eigenvalue weighted by Gasteiger charge is 2.04. The Morgan fingerprint density at radius 2 is 2.17 bits per heavy atom. The number of nitrogens with zero attached hydrogens (tertiary/aromatic N) is 1. The standard InChI is InChI=1S/C17H20N4OS/c1-12-21-14(11-23-12)10-20-17(22)18-8-4-5-13-9-19-16-7-3-2-6-15(13)16/h2-3,6-7,9,11,19H,4-5,8,10H2,1H3,(H2,18,20,22). The van der Waals surface area contributed by atoms with Crippen molar-refractivity contribution in [3.05, 3.63) is 52.1 Å². The number of rotatable bonds is 6. The van der Waals surface area contributed by atoms with Gasteiger partial charge in [-0.3, -0.25) is 0 Å². The van der Waals surface area contributed by atoms with Crippen LogP contribution in [0.5, 0.6) is 0 Å². The van der Waals surface area contributed by atoms with Gasteiger partial charge in [0.05, 0.1) is 17.2 Å². The van der Waals surface area contributed by atoms with Gasteiger partial charge in [0.2, 0.25) is 0 Å². The molecule has 0 radical (unpaired) electrons. The van der Waals surface area contributed by atoms with Gasteiger partial charge in [-0.1, -0.05) is 18.2 Å². The van der Waals surface area contributed by atoms with Crippen molar-refractivity contribution in [3.63, 3.8) is 0 Å². The fourth-order valence-electron chi connectivity index (χ4n) is 2.54. The minimum absolute atomic E-state index is 0.144. The molecule has 0 saturated heterocycles. The van der Waals surface area contributed by atoms with Crippen molar-refractivity contribution in [2.24, 2.45) is 0 Å². The summed E-state index contributed by atoms with van der Waals surface area (Å²) in [7, 11) is 0. The molecule has 0 unspecified atom stereocenters. The van der Waals surface area contributed by atoms with Crippen LogP contribution in [-0.4, -0.2) is 22.5 Å². The van der Waals surface area contributed by atoms with E-state index in [0.717, 1.165) is 29.1 Å². The molecule has 0 atom stereocenters. The number of hydrogen-bond donors (Lipinski definition) is 3. The van der Waals surface area contributed by atoms with Gasteiger partial charge in [-0.25, -0.2) is 9.78 Å². The molecule has 3 rings (SSSR count). The van der Waals surface area contributed by atoms with Crippen LogP contribution in [0.3, 0.4) is 0 Å². The van der Waals surface area contributed by atoms with Gasteiger partial charge in [-0.15, -0.1) is 11.3 Å². The van der Waals surface area contributed by atoms with Gasteiger partial charge in [0.15, 0.2) is 0 Å². The molecule has 6 heteroatoms. The van der Waals surface area contributed by atoms with Crippen LogP contribution in [0.1, 0.15) is 22.7 Å². The monoisotopic (exact) mass is 328 g/mol. The number of carbonyl (C=O) groups is 1. The Bertz CT molecular complexity index is 793. The number of aryl methyl sites for hydroxylation is 2. The Morgan fingerprint density at radius 3 is 3.00 bits per heavy atom. The molecule has 0 aliphatic rings. The second-order valence-corrected chi connectivity index (χ2v) is 6.49. The first-order valence-electron chi connectivity index (χ1n) is 7.70. The predicted octanol–water partition coefficient (Wildman–Crippen LogP) is 3.36. The maximum Gasteiger partial charge on any atom is 0.315 e. The Hall–Kier alpha value is -2.34. The Labute approximate surface area is 139 Å². The molecule has 120 valence electrons. The molecule has 2 heterocycles. The maximum atomic E-state index is 11.7. The van der Waals surface area contributed by atoms with Crippen LogP contribution >= 0.6 is 11.3 Å². The highest BCUT2D eigenvalue weighted by molar-refractivity contribution is 7.09. The first-order valence-corrected chi connectivity index (χ1v) is 8.58. The minimum Gasteiger partial charge on any atom is -0.361 e. The zero-order valence-electron chi connectivity index (χ0n) is 13.1. The van der Waals surface area contributed by atoms with Gasteiger partial charge in [0.1, 0.15) is 0 Å². The van der Waals surface area contributed by atoms with Crippen molar-refractivity contribution in [2.75, 3.05) is 6.54 Å². The molecule has 1 aromatic carbocycles. The minimum atomic E-state index is -0.144. The molecule has 0 aliphatic heterocycles. The highest BCUT2D eigenvalue weighted by Crippen LogP contribution is 2.18. The number of benzene rings is 1. The fraction of sp³-hybridized carbons (Fsp3) is 0.294. The van der Waals surface area contributed by atoms with Gasteiger partial charge in [-0.05, 0) is 31.4 Å². The van der Waals surface area contributed by atoms with Gasteiger partial charge >= 0.3 is 6.03 Å². The molecule has 2 amide bonds. The molecule has 5 nitrogen and oxygen atoms in total. The summed E-state index contributed by atoms with van der Waals surface area (Å²) in [5.74, 6) is 0. The molecular formula is C17H20N4OS. The first-order chi connectivity index (χ1) is 11.2. The van der Waals surface area contributed by atoms with Gasteiger partial charge in [-0.2, -0.15) is 0 Å². The topological polar surface area (TPSA) is 69.8 Å². The largest absolute Gasteiger partial charge is 0.361 e. The average molecular weight is 328 g/mol. The summed E-state index contributed by atoms with van der Waals surface area (Å²) in [5, 5.41) is 9.95. The first kappa shape index (κ1) is 15.6. The third kappa shape index (κ3) is 4.10. The van der Waals surface area contributed by atoms with Crippen LogP contribution < -0.4 is 10.6 Å². The maximum absolute atomic E-state index is 11.7. The number of nitrogens with one attached hydrogen (secondary N) is 3. The lowest BCUT2D eigenvalue weighted by atomic mass is 10.1. The number of fused-ring (bicyclic) bond motifs is 1. The van der Waals surface area contributed by atoms with Crippen LogP contribution in [0.4, 0.5) is 4.79 Å². The highest BCUT2D eigenvalue weighted by atomic mass is 32.1. The summed E-state index contributed by atoms with van der Waals surface area (Å²) in [6, 6.07) is 8.13. The Kier molecular flexibility index (Phi) is 4.92. The lowest BCUT2D eigenvalue weighted by molar-refractivity contribution is 0.240. The molecule has 0 saturated carbocycles. The van der Waals surface area contributed by atoms with Crippen LogP contribution in [-0.2, 0) is 13.0 Å². The number of amides is 2. The number of aromatic nitrogens is 2. The van der Waals surface area contributed by atoms with Crippen molar-refractivity contribution in [2.45, 2.75) is 26.3 Å². The summed E-state index contributed by atoms with van der Waals surface area (Å²) in [6.45, 7) is 3.08. The number of urea groups is 1. The van der Waals surface area contributed by atoms with Crippen LogP contribution in [0.15, 0.2) is 35.8 Å². The van der Waals surface area contributed by atoms with E-state index in [4.69, 9.17) is 0 Å². The summed E-state index contributed by atoms with van der Waals surface area (Å²) >= 11 is 1.59. The van der Waals surface area contributed by atoms with Gasteiger partial charge in [0.25, 0.3) is 0 Å². The molecule has 3 N–H and O–H groups in total. The summed E-state index contributed by atoms with van der Waals surface area (Å²) in [5.41, 5.74) is 3.36. The van der Waals surface area contributed by atoms with E-state index in [-0.39, 0.29) is 6.03 Å². The molecule has 3 aromatic rings. The van der Waals surface area contributed by atoms with Crippen LogP contribution in [0.25, 0.3) is 10.9 Å². The summed E-state index contributed by atoms with van der Waals surface area (Å²) < 4.78 is 0. The second kappa shape index (κ2) is 7.28. The zero-order chi connectivity index (χ0) is 16.1. The third-order valence-corrected chi connectivity index (χ3v) is 4.50. The summed E-state index contributed by atoms with van der Waals surface area (Å²) in [4.78, 5) is 19.3. The average Bonchev–Trinajstić information content (AvgIpc) is 3.16. The third-order valence-electron chi connectivity index (χ3n) is 3.68. The van der Waals surface area contributed by atoms with Gasteiger partial charge < -0.3 is 15.6 Å².